The van der Waals surface area contributed by atoms with E-state index in [1.807, 2.05) is 44.2 Å². The van der Waals surface area contributed by atoms with Crippen molar-refractivity contribution >= 4 is 39.9 Å². The van der Waals surface area contributed by atoms with Crippen LogP contribution in [0.2, 0.25) is 0 Å². The molecule has 0 saturated heterocycles. The van der Waals surface area contributed by atoms with Crippen molar-refractivity contribution in [2.45, 2.75) is 20.4 Å². The van der Waals surface area contributed by atoms with Crippen LogP contribution in [0.25, 0.3) is 16.7 Å². The van der Waals surface area contributed by atoms with Crippen LogP contribution in [0.1, 0.15) is 21.5 Å². The molecule has 35 heavy (non-hydrogen) atoms. The van der Waals surface area contributed by atoms with Crippen LogP contribution in [-0.2, 0) is 11.3 Å². The molecule has 0 radical (unpaired) electrons. The van der Waals surface area contributed by atoms with Crippen LogP contribution in [0.5, 0.6) is 0 Å². The van der Waals surface area contributed by atoms with E-state index < -0.39 is 5.56 Å². The van der Waals surface area contributed by atoms with Crippen molar-refractivity contribution in [3.8, 4) is 0 Å². The highest BCUT2D eigenvalue weighted by Gasteiger charge is 2.15. The standard InChI is InChI=1S/C26H22N6O3/c1-16-6-5-7-17(2)23(16)29-25(34)18-10-12-19(13-11-18)28-22(33)14-31-20-8-3-4-9-21(20)32-15-27-30-24(32)26(31)35/h3-13,15H,14H2,1-2H3,(H,28,33)(H,29,34). The summed E-state index contributed by atoms with van der Waals surface area (Å²) in [5.74, 6) is -0.617. The van der Waals surface area contributed by atoms with E-state index in [-0.39, 0.29) is 24.0 Å². The first-order valence-electron chi connectivity index (χ1n) is 11.0. The van der Waals surface area contributed by atoms with E-state index in [9.17, 15) is 14.4 Å². The van der Waals surface area contributed by atoms with Crippen molar-refractivity contribution in [2.75, 3.05) is 10.6 Å². The fourth-order valence-corrected chi connectivity index (χ4v) is 4.09. The number of anilines is 2. The highest BCUT2D eigenvalue weighted by atomic mass is 16.2. The molecule has 2 heterocycles. The van der Waals surface area contributed by atoms with Gasteiger partial charge in [-0.3, -0.25) is 23.4 Å². The number of fused-ring (bicyclic) bond motifs is 3. The first-order valence-corrected chi connectivity index (χ1v) is 11.0. The van der Waals surface area contributed by atoms with Gasteiger partial charge in [-0.05, 0) is 61.4 Å². The number of carbonyl (C=O) groups excluding carboxylic acids is 2. The van der Waals surface area contributed by atoms with Crippen LogP contribution >= 0.6 is 0 Å². The molecule has 0 aliphatic heterocycles. The number of para-hydroxylation sites is 3. The Morgan fingerprint density at radius 3 is 2.26 bits per heavy atom. The number of hydrogen-bond acceptors (Lipinski definition) is 5. The molecule has 5 aromatic rings. The minimum Gasteiger partial charge on any atom is -0.325 e. The Kier molecular flexibility index (Phi) is 5.58. The monoisotopic (exact) mass is 466 g/mol. The molecule has 0 atom stereocenters. The Labute approximate surface area is 200 Å². The highest BCUT2D eigenvalue weighted by Crippen LogP contribution is 2.21. The van der Waals surface area contributed by atoms with Crippen molar-refractivity contribution in [1.82, 2.24) is 19.2 Å². The lowest BCUT2D eigenvalue weighted by atomic mass is 10.1. The Bertz CT molecular complexity index is 1630. The predicted molar refractivity (Wildman–Crippen MR) is 134 cm³/mol. The van der Waals surface area contributed by atoms with Crippen LogP contribution in [-0.4, -0.2) is 31.0 Å². The summed E-state index contributed by atoms with van der Waals surface area (Å²) in [4.78, 5) is 38.4. The molecule has 174 valence electrons. The number of benzene rings is 3. The molecule has 0 bridgehead atoms. The van der Waals surface area contributed by atoms with Gasteiger partial charge in [0.25, 0.3) is 11.5 Å². The maximum absolute atomic E-state index is 12.9. The fraction of sp³-hybridized carbons (Fsp3) is 0.115. The average molecular weight is 467 g/mol. The summed E-state index contributed by atoms with van der Waals surface area (Å²) in [5, 5.41) is 13.5. The number of carbonyl (C=O) groups is 2. The number of hydrogen-bond donors (Lipinski definition) is 2. The Morgan fingerprint density at radius 2 is 1.54 bits per heavy atom. The normalized spacial score (nSPS) is 11.0. The van der Waals surface area contributed by atoms with Gasteiger partial charge in [-0.25, -0.2) is 0 Å². The lowest BCUT2D eigenvalue weighted by molar-refractivity contribution is -0.116. The lowest BCUT2D eigenvalue weighted by Crippen LogP contribution is -2.29. The molecular weight excluding hydrogens is 444 g/mol. The van der Waals surface area contributed by atoms with Gasteiger partial charge in [-0.1, -0.05) is 30.3 Å². The molecule has 0 aliphatic rings. The zero-order valence-corrected chi connectivity index (χ0v) is 19.1. The van der Waals surface area contributed by atoms with Crippen molar-refractivity contribution in [2.24, 2.45) is 0 Å². The first-order chi connectivity index (χ1) is 16.9. The van der Waals surface area contributed by atoms with E-state index in [0.29, 0.717) is 16.8 Å². The summed E-state index contributed by atoms with van der Waals surface area (Å²) < 4.78 is 2.98. The van der Waals surface area contributed by atoms with E-state index in [0.717, 1.165) is 22.3 Å². The number of aryl methyl sites for hydroxylation is 2. The molecule has 5 rings (SSSR count). The van der Waals surface area contributed by atoms with Gasteiger partial charge in [0.1, 0.15) is 12.9 Å². The number of amides is 2. The van der Waals surface area contributed by atoms with Gasteiger partial charge in [0.05, 0.1) is 11.0 Å². The fourth-order valence-electron chi connectivity index (χ4n) is 4.09. The molecule has 2 amide bonds. The molecule has 0 aliphatic carbocycles. The van der Waals surface area contributed by atoms with Crippen LogP contribution < -0.4 is 16.2 Å². The van der Waals surface area contributed by atoms with Crippen molar-refractivity contribution in [3.63, 3.8) is 0 Å². The highest BCUT2D eigenvalue weighted by molar-refractivity contribution is 6.05. The van der Waals surface area contributed by atoms with Crippen molar-refractivity contribution in [1.29, 1.82) is 0 Å². The van der Waals surface area contributed by atoms with E-state index in [1.54, 1.807) is 40.8 Å². The van der Waals surface area contributed by atoms with Gasteiger partial charge in [-0.15, -0.1) is 10.2 Å². The zero-order chi connectivity index (χ0) is 24.5. The molecular formula is C26H22N6O3. The second-order valence-corrected chi connectivity index (χ2v) is 8.25. The number of rotatable bonds is 5. The van der Waals surface area contributed by atoms with E-state index >= 15 is 0 Å². The molecule has 0 unspecified atom stereocenters. The maximum Gasteiger partial charge on any atom is 0.297 e. The third kappa shape index (κ3) is 4.15. The van der Waals surface area contributed by atoms with Crippen LogP contribution in [0.3, 0.4) is 0 Å². The van der Waals surface area contributed by atoms with E-state index in [1.165, 1.54) is 10.9 Å². The number of nitrogens with one attached hydrogen (secondary N) is 2. The Hall–Kier alpha value is -4.79. The van der Waals surface area contributed by atoms with Gasteiger partial charge >= 0.3 is 0 Å². The zero-order valence-electron chi connectivity index (χ0n) is 19.1. The SMILES string of the molecule is Cc1cccc(C)c1NC(=O)c1ccc(NC(=O)Cn2c(=O)c3nncn3c3ccccc32)cc1. The van der Waals surface area contributed by atoms with Gasteiger partial charge in [0.15, 0.2) is 0 Å². The maximum atomic E-state index is 12.9. The Morgan fingerprint density at radius 1 is 0.857 bits per heavy atom. The molecule has 0 fully saturated rings. The minimum absolute atomic E-state index is 0.149. The predicted octanol–water partition coefficient (Wildman–Crippen LogP) is 3.55. The summed E-state index contributed by atoms with van der Waals surface area (Å²) in [6.07, 6.45) is 1.47. The minimum atomic E-state index is -0.408. The van der Waals surface area contributed by atoms with Gasteiger partial charge < -0.3 is 10.6 Å². The molecule has 2 N–H and O–H groups in total. The van der Waals surface area contributed by atoms with Crippen molar-refractivity contribution in [3.05, 3.63) is 100 Å². The van der Waals surface area contributed by atoms with Gasteiger partial charge in [0, 0.05) is 16.9 Å². The topological polar surface area (TPSA) is 110 Å². The largest absolute Gasteiger partial charge is 0.325 e. The van der Waals surface area contributed by atoms with Crippen LogP contribution in [0.4, 0.5) is 11.4 Å². The summed E-state index contributed by atoms with van der Waals surface area (Å²) in [6, 6.07) is 19.7. The third-order valence-electron chi connectivity index (χ3n) is 5.87. The molecule has 9 heteroatoms. The summed E-state index contributed by atoms with van der Waals surface area (Å²) >= 11 is 0. The van der Waals surface area contributed by atoms with E-state index in [4.69, 9.17) is 0 Å². The first kappa shape index (κ1) is 22.0. The molecule has 2 aromatic heterocycles. The molecule has 3 aromatic carbocycles. The molecule has 9 nitrogen and oxygen atoms in total. The second kappa shape index (κ2) is 8.86. The lowest BCUT2D eigenvalue weighted by Gasteiger charge is -2.13. The van der Waals surface area contributed by atoms with Gasteiger partial charge in [0.2, 0.25) is 11.6 Å². The summed E-state index contributed by atoms with van der Waals surface area (Å²) in [5.41, 5.74) is 4.79. The molecule has 0 spiro atoms. The number of nitrogens with zero attached hydrogens (tertiary/aromatic N) is 4. The Balaban J connectivity index is 1.33. The third-order valence-corrected chi connectivity index (χ3v) is 5.87. The van der Waals surface area contributed by atoms with Crippen LogP contribution in [0, 0.1) is 13.8 Å². The van der Waals surface area contributed by atoms with Crippen molar-refractivity contribution < 1.29 is 9.59 Å². The average Bonchev–Trinajstić information content (AvgIpc) is 3.35. The quantitative estimate of drug-likeness (QED) is 0.412. The number of aromatic nitrogens is 4. The second-order valence-electron chi connectivity index (χ2n) is 8.25. The summed E-state index contributed by atoms with van der Waals surface area (Å²) in [7, 11) is 0. The summed E-state index contributed by atoms with van der Waals surface area (Å²) in [6.45, 7) is 3.69. The van der Waals surface area contributed by atoms with Crippen LogP contribution in [0.15, 0.2) is 77.9 Å². The van der Waals surface area contributed by atoms with E-state index in [2.05, 4.69) is 20.8 Å². The van der Waals surface area contributed by atoms with Gasteiger partial charge in [-0.2, -0.15) is 0 Å². The smallest absolute Gasteiger partial charge is 0.297 e. The molecule has 0 saturated carbocycles.